The molecule has 0 bridgehead atoms. The van der Waals surface area contributed by atoms with Crippen LogP contribution in [0.15, 0.2) is 71.2 Å². The number of para-hydroxylation sites is 1. The molecule has 15 heteroatoms. The lowest BCUT2D eigenvalue weighted by atomic mass is 10.0. The van der Waals surface area contributed by atoms with E-state index in [1.54, 1.807) is 13.2 Å². The van der Waals surface area contributed by atoms with E-state index < -0.39 is 62.6 Å². The average Bonchev–Trinajstić information content (AvgIpc) is 4.08. The Balaban J connectivity index is 1.15. The van der Waals surface area contributed by atoms with Crippen LogP contribution in [0.3, 0.4) is 0 Å². The summed E-state index contributed by atoms with van der Waals surface area (Å²) < 4.78 is 46.4. The van der Waals surface area contributed by atoms with Crippen LogP contribution < -0.4 is 24.8 Å². The molecule has 14 nitrogen and oxygen atoms in total. The number of carbonyl (C=O) groups excluding carboxylic acids is 4. The van der Waals surface area contributed by atoms with Gasteiger partial charge in [-0.05, 0) is 62.8 Å². The first kappa shape index (κ1) is 37.5. The fourth-order valence-electron chi connectivity index (χ4n) is 7.94. The zero-order valence-corrected chi connectivity index (χ0v) is 32.1. The molecule has 2 aliphatic heterocycles. The monoisotopic (exact) mass is 783 g/mol. The van der Waals surface area contributed by atoms with Crippen molar-refractivity contribution in [3.05, 3.63) is 66.7 Å². The van der Waals surface area contributed by atoms with Crippen molar-refractivity contribution in [2.75, 3.05) is 13.7 Å². The molecule has 3 N–H and O–H groups in total. The molecular formula is C41H45N5O9S. The third-order valence-corrected chi connectivity index (χ3v) is 13.0. The highest BCUT2D eigenvalue weighted by molar-refractivity contribution is 7.91. The molecule has 3 fully saturated rings. The summed E-state index contributed by atoms with van der Waals surface area (Å²) in [5.74, 6) is -1.64. The van der Waals surface area contributed by atoms with Crippen LogP contribution in [0.5, 0.6) is 11.5 Å². The van der Waals surface area contributed by atoms with Crippen molar-refractivity contribution in [2.45, 2.75) is 93.7 Å². The standard InChI is InChI=1S/C41H45N5O9S/c1-24(47)42-31-15-7-5-3-4-6-12-26-22-41(26,40(50)45-56(51,52)29-17-18-29)44-38(48)33-20-28(23-46(33)39(31)49)54-35-21-32(25-11-10-13-27(19-25)53-2)43-36-30-14-8-9-16-34(30)55-37(35)36/h6,8-14,16,19,21,26,28-29,31,33H,3-5,7,15,17-18,20,22-23H2,1-2H3,(H,42,47)(H,44,48)(H,45,50)/t26-,28-,31+,33+,41-/m1/s1. The number of fused-ring (bicyclic) bond motifs is 5. The maximum absolute atomic E-state index is 14.5. The largest absolute Gasteiger partial charge is 0.497 e. The number of benzene rings is 2. The number of rotatable bonds is 8. The Morgan fingerprint density at radius 2 is 1.86 bits per heavy atom. The predicted molar refractivity (Wildman–Crippen MR) is 207 cm³/mol. The Morgan fingerprint density at radius 3 is 2.64 bits per heavy atom. The molecule has 8 rings (SSSR count). The SMILES string of the molecule is COc1cccc(-c2cc(O[C@@H]3C[C@H]4C(=O)N[C@]5(C(=O)NS(=O)(=O)C6CC6)C[C@H]5C=CCCCCC[C@H](NC(C)=O)C(=O)N4C3)c3oc4ccccc4c3n2)c1. The number of hydrogen-bond donors (Lipinski definition) is 3. The molecule has 4 amide bonds. The maximum Gasteiger partial charge on any atom is 0.259 e. The quantitative estimate of drug-likeness (QED) is 0.215. The Kier molecular flexibility index (Phi) is 9.97. The van der Waals surface area contributed by atoms with Gasteiger partial charge in [0.2, 0.25) is 27.7 Å². The average molecular weight is 784 g/mol. The van der Waals surface area contributed by atoms with Crippen LogP contribution in [0.4, 0.5) is 0 Å². The summed E-state index contributed by atoms with van der Waals surface area (Å²) in [6.45, 7) is 1.34. The molecule has 2 aromatic carbocycles. The number of pyridine rings is 1. The van der Waals surface area contributed by atoms with E-state index in [0.717, 1.165) is 23.8 Å². The lowest BCUT2D eigenvalue weighted by Crippen LogP contribution is -2.58. The molecule has 0 unspecified atom stereocenters. The van der Waals surface area contributed by atoms with Gasteiger partial charge >= 0.3 is 0 Å². The summed E-state index contributed by atoms with van der Waals surface area (Å²) in [5.41, 5.74) is 1.44. The molecule has 0 spiro atoms. The Hall–Kier alpha value is -5.44. The highest BCUT2D eigenvalue weighted by Crippen LogP contribution is 2.46. The number of aromatic nitrogens is 1. The van der Waals surface area contributed by atoms with Crippen LogP contribution in [0.1, 0.15) is 64.7 Å². The van der Waals surface area contributed by atoms with E-state index in [0.29, 0.717) is 66.0 Å². The van der Waals surface area contributed by atoms with E-state index in [1.807, 2.05) is 60.7 Å². The van der Waals surface area contributed by atoms with E-state index in [-0.39, 0.29) is 25.3 Å². The van der Waals surface area contributed by atoms with Crippen molar-refractivity contribution in [3.8, 4) is 22.8 Å². The van der Waals surface area contributed by atoms with Gasteiger partial charge in [-0.3, -0.25) is 23.9 Å². The highest BCUT2D eigenvalue weighted by atomic mass is 32.2. The molecule has 4 aliphatic rings. The zero-order chi connectivity index (χ0) is 39.2. The van der Waals surface area contributed by atoms with Gasteiger partial charge in [0.25, 0.3) is 5.91 Å². The number of nitrogens with zero attached hydrogens (tertiary/aromatic N) is 2. The van der Waals surface area contributed by atoms with Crippen molar-refractivity contribution in [3.63, 3.8) is 0 Å². The van der Waals surface area contributed by atoms with Gasteiger partial charge in [-0.25, -0.2) is 13.4 Å². The molecule has 2 aliphatic carbocycles. The number of furan rings is 1. The number of amides is 4. The topological polar surface area (TPSA) is 186 Å². The summed E-state index contributed by atoms with van der Waals surface area (Å²) in [6.07, 6.45) is 7.66. The molecule has 2 saturated carbocycles. The molecule has 0 radical (unpaired) electrons. The Morgan fingerprint density at radius 1 is 1.04 bits per heavy atom. The number of hydrogen-bond acceptors (Lipinski definition) is 10. The smallest absolute Gasteiger partial charge is 0.259 e. The first-order valence-corrected chi connectivity index (χ1v) is 20.8. The van der Waals surface area contributed by atoms with E-state index in [2.05, 4.69) is 15.4 Å². The Labute approximate surface area is 324 Å². The lowest BCUT2D eigenvalue weighted by Gasteiger charge is -2.29. The predicted octanol–water partition coefficient (Wildman–Crippen LogP) is 4.51. The van der Waals surface area contributed by atoms with E-state index in [9.17, 15) is 27.6 Å². The Bertz CT molecular complexity index is 2360. The maximum atomic E-state index is 14.5. The molecule has 294 valence electrons. The second kappa shape index (κ2) is 14.9. The minimum atomic E-state index is -3.90. The normalized spacial score (nSPS) is 25.7. The van der Waals surface area contributed by atoms with E-state index >= 15 is 0 Å². The van der Waals surface area contributed by atoms with Crippen LogP contribution in [-0.2, 0) is 29.2 Å². The molecule has 4 heterocycles. The van der Waals surface area contributed by atoms with Gasteiger partial charge < -0.3 is 29.4 Å². The molecule has 56 heavy (non-hydrogen) atoms. The first-order valence-electron chi connectivity index (χ1n) is 19.2. The third kappa shape index (κ3) is 7.43. The molecule has 4 aromatic rings. The second-order valence-electron chi connectivity index (χ2n) is 15.3. The number of ether oxygens (including phenoxy) is 2. The first-order chi connectivity index (χ1) is 27.0. The fraction of sp³-hybridized carbons (Fsp3) is 0.439. The van der Waals surface area contributed by atoms with Gasteiger partial charge in [0.05, 0.1) is 24.6 Å². The van der Waals surface area contributed by atoms with Crippen LogP contribution in [0, 0.1) is 5.92 Å². The molecule has 5 atom stereocenters. The number of nitrogens with one attached hydrogen (secondary N) is 3. The van der Waals surface area contributed by atoms with Crippen LogP contribution >= 0.6 is 0 Å². The number of carbonyl (C=O) groups is 4. The minimum Gasteiger partial charge on any atom is -0.497 e. The van der Waals surface area contributed by atoms with Crippen LogP contribution in [0.25, 0.3) is 33.3 Å². The zero-order valence-electron chi connectivity index (χ0n) is 31.3. The van der Waals surface area contributed by atoms with Gasteiger partial charge in [-0.15, -0.1) is 0 Å². The fourth-order valence-corrected chi connectivity index (χ4v) is 9.31. The van der Waals surface area contributed by atoms with E-state index in [1.165, 1.54) is 11.8 Å². The number of sulfonamides is 1. The molecule has 1 saturated heterocycles. The van der Waals surface area contributed by atoms with Crippen molar-refractivity contribution in [2.24, 2.45) is 5.92 Å². The summed E-state index contributed by atoms with van der Waals surface area (Å²) in [7, 11) is -2.31. The van der Waals surface area contributed by atoms with Crippen LogP contribution in [-0.4, -0.2) is 84.6 Å². The number of allylic oxidation sites excluding steroid dienone is 1. The van der Waals surface area contributed by atoms with Crippen molar-refractivity contribution in [1.29, 1.82) is 0 Å². The van der Waals surface area contributed by atoms with Gasteiger partial charge in [0.1, 0.15) is 40.6 Å². The summed E-state index contributed by atoms with van der Waals surface area (Å²) in [5, 5.41) is 5.84. The van der Waals surface area contributed by atoms with Gasteiger partial charge in [-0.2, -0.15) is 0 Å². The summed E-state index contributed by atoms with van der Waals surface area (Å²) in [6, 6.07) is 14.7. The summed E-state index contributed by atoms with van der Waals surface area (Å²) in [4.78, 5) is 61.3. The molecular weight excluding hydrogens is 739 g/mol. The van der Waals surface area contributed by atoms with Gasteiger partial charge in [0, 0.05) is 36.3 Å². The van der Waals surface area contributed by atoms with Crippen molar-refractivity contribution in [1.82, 2.24) is 25.2 Å². The van der Waals surface area contributed by atoms with Crippen molar-refractivity contribution < 1.29 is 41.5 Å². The van der Waals surface area contributed by atoms with Crippen LogP contribution in [0.2, 0.25) is 0 Å². The third-order valence-electron chi connectivity index (χ3n) is 11.2. The van der Waals surface area contributed by atoms with Crippen molar-refractivity contribution >= 4 is 55.7 Å². The number of methoxy groups -OCH3 is 1. The second-order valence-corrected chi connectivity index (χ2v) is 17.2. The minimum absolute atomic E-state index is 0.00979. The lowest BCUT2D eigenvalue weighted by molar-refractivity contribution is -0.142. The highest BCUT2D eigenvalue weighted by Gasteiger charge is 2.62. The summed E-state index contributed by atoms with van der Waals surface area (Å²) >= 11 is 0. The van der Waals surface area contributed by atoms with Gasteiger partial charge in [-0.1, -0.05) is 49.3 Å². The molecule has 2 aromatic heterocycles. The van der Waals surface area contributed by atoms with Gasteiger partial charge in [0.15, 0.2) is 11.3 Å². The van der Waals surface area contributed by atoms with E-state index in [4.69, 9.17) is 18.9 Å².